The van der Waals surface area contributed by atoms with Gasteiger partial charge in [0, 0.05) is 12.0 Å². The molecule has 0 spiro atoms. The second-order valence-electron chi connectivity index (χ2n) is 7.74. The number of benzene rings is 2. The highest BCUT2D eigenvalue weighted by Crippen LogP contribution is 2.39. The third-order valence-electron chi connectivity index (χ3n) is 4.63. The van der Waals surface area contributed by atoms with Crippen LogP contribution in [-0.2, 0) is 4.79 Å². The number of carbonyl (C=O) groups is 1. The van der Waals surface area contributed by atoms with Crippen molar-refractivity contribution in [3.8, 4) is 11.5 Å². The van der Waals surface area contributed by atoms with E-state index in [9.17, 15) is 4.79 Å². The van der Waals surface area contributed by atoms with Gasteiger partial charge in [0.15, 0.2) is 6.61 Å². The van der Waals surface area contributed by atoms with Gasteiger partial charge in [0.1, 0.15) is 17.1 Å². The molecule has 0 aromatic heterocycles. The van der Waals surface area contributed by atoms with Crippen LogP contribution in [0.3, 0.4) is 0 Å². The molecular weight excluding hydrogens is 326 g/mol. The van der Waals surface area contributed by atoms with Crippen molar-refractivity contribution in [1.82, 2.24) is 5.32 Å². The Labute approximate surface area is 155 Å². The van der Waals surface area contributed by atoms with Crippen molar-refractivity contribution in [1.29, 1.82) is 0 Å². The third-order valence-corrected chi connectivity index (χ3v) is 4.63. The number of hydrogen-bond acceptors (Lipinski definition) is 3. The zero-order valence-corrected chi connectivity index (χ0v) is 15.9. The lowest BCUT2D eigenvalue weighted by atomic mass is 9.90. The molecule has 3 rings (SSSR count). The van der Waals surface area contributed by atoms with Gasteiger partial charge >= 0.3 is 0 Å². The van der Waals surface area contributed by atoms with E-state index in [0.29, 0.717) is 11.7 Å². The number of ether oxygens (including phenoxy) is 2. The van der Waals surface area contributed by atoms with Crippen LogP contribution in [0.25, 0.3) is 0 Å². The van der Waals surface area contributed by atoms with Crippen LogP contribution >= 0.6 is 0 Å². The summed E-state index contributed by atoms with van der Waals surface area (Å²) in [6.45, 7) is 8.37. The maximum atomic E-state index is 12.4. The van der Waals surface area contributed by atoms with E-state index in [0.717, 1.165) is 17.7 Å². The van der Waals surface area contributed by atoms with Crippen molar-refractivity contribution in [2.24, 2.45) is 0 Å². The molecule has 1 aliphatic heterocycles. The van der Waals surface area contributed by atoms with Gasteiger partial charge in [-0.15, -0.1) is 0 Å². The molecular formula is C22H27NO3. The number of para-hydroxylation sites is 1. The van der Waals surface area contributed by atoms with E-state index in [2.05, 4.69) is 19.2 Å². The maximum Gasteiger partial charge on any atom is 0.258 e. The van der Waals surface area contributed by atoms with Gasteiger partial charge in [-0.3, -0.25) is 4.79 Å². The lowest BCUT2D eigenvalue weighted by Gasteiger charge is -2.37. The highest BCUT2D eigenvalue weighted by molar-refractivity contribution is 5.78. The van der Waals surface area contributed by atoms with Crippen molar-refractivity contribution in [2.75, 3.05) is 6.61 Å². The molecule has 0 saturated heterocycles. The van der Waals surface area contributed by atoms with Gasteiger partial charge in [0.25, 0.3) is 5.91 Å². The lowest BCUT2D eigenvalue weighted by molar-refractivity contribution is -0.124. The second-order valence-corrected chi connectivity index (χ2v) is 7.74. The molecule has 0 unspecified atom stereocenters. The molecule has 1 N–H and O–H groups in total. The molecule has 0 radical (unpaired) electrons. The van der Waals surface area contributed by atoms with E-state index < -0.39 is 0 Å². The second kappa shape index (κ2) is 7.40. The van der Waals surface area contributed by atoms with Gasteiger partial charge in [-0.25, -0.2) is 0 Å². The highest BCUT2D eigenvalue weighted by Gasteiger charge is 2.34. The first-order chi connectivity index (χ1) is 12.3. The van der Waals surface area contributed by atoms with Crippen LogP contribution in [0.4, 0.5) is 0 Å². The van der Waals surface area contributed by atoms with E-state index in [1.165, 1.54) is 5.56 Å². The average Bonchev–Trinajstić information content (AvgIpc) is 2.59. The quantitative estimate of drug-likeness (QED) is 0.854. The van der Waals surface area contributed by atoms with Crippen LogP contribution in [0, 0.1) is 0 Å². The first-order valence-electron chi connectivity index (χ1n) is 9.14. The fourth-order valence-electron chi connectivity index (χ4n) is 3.26. The summed E-state index contributed by atoms with van der Waals surface area (Å²) >= 11 is 0. The van der Waals surface area contributed by atoms with E-state index in [4.69, 9.17) is 9.47 Å². The molecule has 0 fully saturated rings. The van der Waals surface area contributed by atoms with Gasteiger partial charge in [-0.05, 0) is 43.5 Å². The predicted molar refractivity (Wildman–Crippen MR) is 103 cm³/mol. The molecule has 0 aliphatic carbocycles. The monoisotopic (exact) mass is 353 g/mol. The molecule has 2 aromatic rings. The Morgan fingerprint density at radius 2 is 1.88 bits per heavy atom. The minimum absolute atomic E-state index is 0.000970. The molecule has 1 amide bonds. The van der Waals surface area contributed by atoms with Gasteiger partial charge < -0.3 is 14.8 Å². The molecule has 1 heterocycles. The van der Waals surface area contributed by atoms with Crippen molar-refractivity contribution < 1.29 is 14.3 Å². The normalized spacial score (nSPS) is 18.0. The van der Waals surface area contributed by atoms with E-state index >= 15 is 0 Å². The first-order valence-corrected chi connectivity index (χ1v) is 9.14. The molecule has 138 valence electrons. The van der Waals surface area contributed by atoms with Gasteiger partial charge in [-0.2, -0.15) is 0 Å². The molecule has 2 aromatic carbocycles. The molecule has 4 nitrogen and oxygen atoms in total. The number of hydrogen-bond donors (Lipinski definition) is 1. The van der Waals surface area contributed by atoms with Crippen molar-refractivity contribution >= 4 is 5.91 Å². The smallest absolute Gasteiger partial charge is 0.258 e. The van der Waals surface area contributed by atoms with Crippen LogP contribution < -0.4 is 14.8 Å². The lowest BCUT2D eigenvalue weighted by Crippen LogP contribution is -2.42. The van der Waals surface area contributed by atoms with E-state index in [1.54, 1.807) is 0 Å². The van der Waals surface area contributed by atoms with Gasteiger partial charge in [0.2, 0.25) is 0 Å². The van der Waals surface area contributed by atoms with Crippen LogP contribution in [0.5, 0.6) is 11.5 Å². The molecule has 4 heteroatoms. The Hall–Kier alpha value is -2.49. The summed E-state index contributed by atoms with van der Waals surface area (Å²) in [7, 11) is 0. The highest BCUT2D eigenvalue weighted by atomic mass is 16.5. The van der Waals surface area contributed by atoms with Gasteiger partial charge in [0.05, 0.1) is 6.04 Å². The molecule has 1 atom stereocenters. The molecule has 1 aliphatic rings. The first kappa shape index (κ1) is 18.3. The summed E-state index contributed by atoms with van der Waals surface area (Å²) in [6, 6.07) is 15.7. The minimum atomic E-state index is -0.320. The average molecular weight is 353 g/mol. The van der Waals surface area contributed by atoms with Crippen LogP contribution in [0.2, 0.25) is 0 Å². The Morgan fingerprint density at radius 3 is 2.58 bits per heavy atom. The summed E-state index contributed by atoms with van der Waals surface area (Å²) in [6.07, 6.45) is 0.721. The van der Waals surface area contributed by atoms with Gasteiger partial charge in [-0.1, -0.05) is 44.2 Å². The molecule has 0 bridgehead atoms. The van der Waals surface area contributed by atoms with E-state index in [-0.39, 0.29) is 24.2 Å². The summed E-state index contributed by atoms with van der Waals surface area (Å²) in [5.74, 6) is 1.89. The topological polar surface area (TPSA) is 47.6 Å². The molecule has 26 heavy (non-hydrogen) atoms. The Morgan fingerprint density at radius 1 is 1.19 bits per heavy atom. The summed E-state index contributed by atoms with van der Waals surface area (Å²) in [4.78, 5) is 12.4. The van der Waals surface area contributed by atoms with Crippen molar-refractivity contribution in [3.63, 3.8) is 0 Å². The Kier molecular flexibility index (Phi) is 5.21. The number of nitrogens with one attached hydrogen (secondary N) is 1. The Bertz CT molecular complexity index is 765. The summed E-state index contributed by atoms with van der Waals surface area (Å²) in [5, 5.41) is 3.09. The third kappa shape index (κ3) is 4.37. The number of rotatable bonds is 5. The van der Waals surface area contributed by atoms with Crippen LogP contribution in [0.15, 0.2) is 48.5 Å². The van der Waals surface area contributed by atoms with Crippen LogP contribution in [0.1, 0.15) is 57.2 Å². The minimum Gasteiger partial charge on any atom is -0.487 e. The summed E-state index contributed by atoms with van der Waals surface area (Å²) in [5.41, 5.74) is 1.95. The van der Waals surface area contributed by atoms with Crippen molar-refractivity contribution in [3.05, 3.63) is 59.7 Å². The zero-order valence-electron chi connectivity index (χ0n) is 15.9. The number of amides is 1. The standard InChI is InChI=1S/C22H27NO3/c1-15(2)16-9-11-17(12-10-16)25-14-21(24)23-19-13-22(3,4)26-20-8-6-5-7-18(19)20/h5-12,15,19H,13-14H2,1-4H3,(H,23,24)/t19-/m1/s1. The number of fused-ring (bicyclic) bond motifs is 1. The SMILES string of the molecule is CC(C)c1ccc(OCC(=O)N[C@@H]2CC(C)(C)Oc3ccccc32)cc1. The molecule has 0 saturated carbocycles. The predicted octanol–water partition coefficient (Wildman–Crippen LogP) is 4.61. The maximum absolute atomic E-state index is 12.4. The largest absolute Gasteiger partial charge is 0.487 e. The summed E-state index contributed by atoms with van der Waals surface area (Å²) < 4.78 is 11.6. The fraction of sp³-hybridized carbons (Fsp3) is 0.409. The Balaban J connectivity index is 1.61. The number of carbonyl (C=O) groups excluding carboxylic acids is 1. The van der Waals surface area contributed by atoms with Crippen LogP contribution in [-0.4, -0.2) is 18.1 Å². The van der Waals surface area contributed by atoms with E-state index in [1.807, 2.05) is 62.4 Å². The zero-order chi connectivity index (χ0) is 18.7. The fourth-order valence-corrected chi connectivity index (χ4v) is 3.26. The van der Waals surface area contributed by atoms with Crippen molar-refractivity contribution in [2.45, 2.75) is 51.7 Å².